The first kappa shape index (κ1) is 28.3. The molecule has 0 radical (unpaired) electrons. The zero-order valence-corrected chi connectivity index (χ0v) is 20.6. The summed E-state index contributed by atoms with van der Waals surface area (Å²) < 4.78 is 0. The van der Waals surface area contributed by atoms with Gasteiger partial charge in [-0.1, -0.05) is 122 Å². The average Bonchev–Trinajstić information content (AvgIpc) is 2.68. The van der Waals surface area contributed by atoms with Gasteiger partial charge >= 0.3 is 0 Å². The Morgan fingerprint density at radius 1 is 0.621 bits per heavy atom. The van der Waals surface area contributed by atoms with Gasteiger partial charge in [0, 0.05) is 11.7 Å². The second-order valence-corrected chi connectivity index (χ2v) is 9.55. The molecule has 0 rings (SSSR count). The lowest BCUT2D eigenvalue weighted by Gasteiger charge is -2.17. The first-order valence-corrected chi connectivity index (χ1v) is 13.1. The molecular weight excluding hydrogens is 350 g/mol. The Morgan fingerprint density at radius 3 is 1.38 bits per heavy atom. The molecule has 0 amide bonds. The van der Waals surface area contributed by atoms with E-state index in [-0.39, 0.29) is 0 Å². The molecule has 1 heteroatoms. The second-order valence-electron chi connectivity index (χ2n) is 9.55. The van der Waals surface area contributed by atoms with Gasteiger partial charge in [0.15, 0.2) is 0 Å². The van der Waals surface area contributed by atoms with Crippen molar-refractivity contribution in [3.05, 3.63) is 24.4 Å². The summed E-state index contributed by atoms with van der Waals surface area (Å²) in [5, 5.41) is 3.55. The molecule has 1 N–H and O–H groups in total. The summed E-state index contributed by atoms with van der Waals surface area (Å²) in [7, 11) is 0. The van der Waals surface area contributed by atoms with E-state index >= 15 is 0 Å². The van der Waals surface area contributed by atoms with Crippen LogP contribution in [0.4, 0.5) is 0 Å². The van der Waals surface area contributed by atoms with Crippen LogP contribution in [0.25, 0.3) is 0 Å². The first-order chi connectivity index (χ1) is 14.1. The van der Waals surface area contributed by atoms with E-state index in [1.807, 2.05) is 0 Å². The molecule has 0 aromatic carbocycles. The van der Waals surface area contributed by atoms with Crippen LogP contribution < -0.4 is 5.32 Å². The zero-order valence-electron chi connectivity index (χ0n) is 20.6. The predicted molar refractivity (Wildman–Crippen MR) is 135 cm³/mol. The molecule has 0 saturated heterocycles. The highest BCUT2D eigenvalue weighted by Crippen LogP contribution is 2.15. The predicted octanol–water partition coefficient (Wildman–Crippen LogP) is 9.88. The van der Waals surface area contributed by atoms with Crippen LogP contribution in [-0.2, 0) is 0 Å². The van der Waals surface area contributed by atoms with Crippen molar-refractivity contribution in [2.24, 2.45) is 0 Å². The van der Waals surface area contributed by atoms with Gasteiger partial charge in [-0.2, -0.15) is 0 Å². The average molecular weight is 406 g/mol. The molecule has 0 bridgehead atoms. The third-order valence-electron chi connectivity index (χ3n) is 6.04. The Kier molecular flexibility index (Phi) is 21.4. The summed E-state index contributed by atoms with van der Waals surface area (Å²) in [4.78, 5) is 0. The van der Waals surface area contributed by atoms with Gasteiger partial charge in [-0.05, 0) is 39.5 Å². The van der Waals surface area contributed by atoms with Crippen LogP contribution in [0.15, 0.2) is 24.4 Å². The lowest BCUT2D eigenvalue weighted by molar-refractivity contribution is 0.521. The molecule has 0 aliphatic carbocycles. The largest absolute Gasteiger partial charge is 0.386 e. The van der Waals surface area contributed by atoms with Gasteiger partial charge in [0.2, 0.25) is 0 Å². The van der Waals surface area contributed by atoms with Crippen LogP contribution in [0.2, 0.25) is 0 Å². The fraction of sp³-hybridized carbons (Fsp3) is 0.857. The standard InChI is InChI=1S/C28H55N/c1-6-7-8-9-10-11-12-13-14-15-16-17-18-19-20-21-22-23-27(4)29-28(5)25-24-26(2)3/h28-29H,2,4,6-25H2,1,3,5H3. The summed E-state index contributed by atoms with van der Waals surface area (Å²) >= 11 is 0. The Hall–Kier alpha value is -0.720. The molecule has 1 nitrogen and oxygen atoms in total. The Labute approximate surface area is 185 Å². The summed E-state index contributed by atoms with van der Waals surface area (Å²) in [5.74, 6) is 0. The summed E-state index contributed by atoms with van der Waals surface area (Å²) in [5.41, 5.74) is 2.50. The smallest absolute Gasteiger partial charge is 0.0232 e. The van der Waals surface area contributed by atoms with E-state index in [2.05, 4.69) is 39.2 Å². The molecule has 29 heavy (non-hydrogen) atoms. The molecule has 0 fully saturated rings. The van der Waals surface area contributed by atoms with Crippen molar-refractivity contribution in [1.29, 1.82) is 0 Å². The van der Waals surface area contributed by atoms with Gasteiger partial charge in [0.1, 0.15) is 0 Å². The molecule has 0 aliphatic heterocycles. The monoisotopic (exact) mass is 405 g/mol. The van der Waals surface area contributed by atoms with Gasteiger partial charge in [0.25, 0.3) is 0 Å². The van der Waals surface area contributed by atoms with Crippen molar-refractivity contribution < 1.29 is 0 Å². The highest BCUT2D eigenvalue weighted by molar-refractivity contribution is 4.95. The number of nitrogens with one attached hydrogen (secondary N) is 1. The molecule has 172 valence electrons. The Morgan fingerprint density at radius 2 is 1.00 bits per heavy atom. The first-order valence-electron chi connectivity index (χ1n) is 13.1. The molecule has 1 unspecified atom stereocenters. The number of rotatable bonds is 23. The maximum Gasteiger partial charge on any atom is 0.0232 e. The van der Waals surface area contributed by atoms with Crippen LogP contribution in [0.1, 0.15) is 149 Å². The Bertz CT molecular complexity index is 371. The van der Waals surface area contributed by atoms with E-state index in [1.54, 1.807) is 0 Å². The van der Waals surface area contributed by atoms with Gasteiger partial charge < -0.3 is 5.32 Å². The van der Waals surface area contributed by atoms with Crippen molar-refractivity contribution in [3.8, 4) is 0 Å². The van der Waals surface area contributed by atoms with E-state index in [0.717, 1.165) is 19.3 Å². The molecule has 0 spiro atoms. The molecule has 0 aromatic heterocycles. The van der Waals surface area contributed by atoms with Crippen molar-refractivity contribution >= 4 is 0 Å². The van der Waals surface area contributed by atoms with Crippen LogP contribution in [0.5, 0.6) is 0 Å². The van der Waals surface area contributed by atoms with E-state index in [9.17, 15) is 0 Å². The minimum atomic E-state index is 0.519. The van der Waals surface area contributed by atoms with E-state index in [1.165, 1.54) is 120 Å². The van der Waals surface area contributed by atoms with Crippen LogP contribution in [0, 0.1) is 0 Å². The lowest BCUT2D eigenvalue weighted by Crippen LogP contribution is -2.24. The highest BCUT2D eigenvalue weighted by atomic mass is 14.9. The van der Waals surface area contributed by atoms with Gasteiger partial charge in [-0.15, -0.1) is 6.58 Å². The van der Waals surface area contributed by atoms with Gasteiger partial charge in [-0.3, -0.25) is 0 Å². The van der Waals surface area contributed by atoms with Crippen LogP contribution in [-0.4, -0.2) is 6.04 Å². The maximum atomic E-state index is 4.20. The minimum absolute atomic E-state index is 0.519. The number of hydrogen-bond acceptors (Lipinski definition) is 1. The van der Waals surface area contributed by atoms with Crippen molar-refractivity contribution in [2.75, 3.05) is 0 Å². The maximum absolute atomic E-state index is 4.20. The molecule has 0 heterocycles. The van der Waals surface area contributed by atoms with E-state index in [0.29, 0.717) is 6.04 Å². The van der Waals surface area contributed by atoms with Crippen molar-refractivity contribution in [2.45, 2.75) is 155 Å². The second kappa shape index (κ2) is 22.0. The highest BCUT2D eigenvalue weighted by Gasteiger charge is 2.03. The van der Waals surface area contributed by atoms with E-state index in [4.69, 9.17) is 0 Å². The van der Waals surface area contributed by atoms with Crippen molar-refractivity contribution in [1.82, 2.24) is 5.32 Å². The normalized spacial score (nSPS) is 12.1. The SMILES string of the molecule is C=C(C)CCC(C)NC(=C)CCCCCCCCCCCCCCCCCCC. The minimum Gasteiger partial charge on any atom is -0.386 e. The van der Waals surface area contributed by atoms with Crippen LogP contribution in [0.3, 0.4) is 0 Å². The zero-order chi connectivity index (χ0) is 21.6. The third kappa shape index (κ3) is 23.4. The fourth-order valence-electron chi connectivity index (χ4n) is 4.02. The summed E-state index contributed by atoms with van der Waals surface area (Å²) in [6.07, 6.45) is 27.8. The topological polar surface area (TPSA) is 12.0 Å². The molecular formula is C28H55N. The lowest BCUT2D eigenvalue weighted by atomic mass is 10.0. The quantitative estimate of drug-likeness (QED) is 0.132. The van der Waals surface area contributed by atoms with Crippen LogP contribution >= 0.6 is 0 Å². The summed E-state index contributed by atoms with van der Waals surface area (Å²) in [6.45, 7) is 14.8. The fourth-order valence-corrected chi connectivity index (χ4v) is 4.02. The third-order valence-corrected chi connectivity index (χ3v) is 6.04. The Balaban J connectivity index is 3.21. The summed E-state index contributed by atoms with van der Waals surface area (Å²) in [6, 6.07) is 0.519. The van der Waals surface area contributed by atoms with Gasteiger partial charge in [0.05, 0.1) is 0 Å². The van der Waals surface area contributed by atoms with Gasteiger partial charge in [-0.25, -0.2) is 0 Å². The number of hydrogen-bond donors (Lipinski definition) is 1. The van der Waals surface area contributed by atoms with E-state index < -0.39 is 0 Å². The molecule has 0 aromatic rings. The van der Waals surface area contributed by atoms with Crippen molar-refractivity contribution in [3.63, 3.8) is 0 Å². The molecule has 1 atom stereocenters. The number of unbranched alkanes of at least 4 members (excludes halogenated alkanes) is 16. The molecule has 0 saturated carbocycles. The molecule has 0 aliphatic rings. The number of allylic oxidation sites excluding steroid dienone is 2.